The van der Waals surface area contributed by atoms with Gasteiger partial charge in [-0.2, -0.15) is 0 Å². The molecule has 2 aliphatic heterocycles. The fourth-order valence-corrected chi connectivity index (χ4v) is 2.55. The van der Waals surface area contributed by atoms with E-state index in [1.54, 1.807) is 0 Å². The van der Waals surface area contributed by atoms with Crippen LogP contribution in [0.15, 0.2) is 0 Å². The van der Waals surface area contributed by atoms with E-state index in [-0.39, 0.29) is 0 Å². The van der Waals surface area contributed by atoms with Crippen molar-refractivity contribution in [3.63, 3.8) is 0 Å². The molecular formula is C11H24N2. The van der Waals surface area contributed by atoms with Crippen LogP contribution in [-0.4, -0.2) is 31.2 Å². The average Bonchev–Trinajstić information content (AvgIpc) is 2.53. The van der Waals surface area contributed by atoms with Gasteiger partial charge in [0.2, 0.25) is 0 Å². The van der Waals surface area contributed by atoms with Gasteiger partial charge in [-0.1, -0.05) is 20.8 Å². The van der Waals surface area contributed by atoms with Gasteiger partial charge >= 0.3 is 0 Å². The number of rotatable bonds is 0. The molecule has 0 bridgehead atoms. The molecule has 2 fully saturated rings. The summed E-state index contributed by atoms with van der Waals surface area (Å²) in [6.45, 7) is 8.90. The first-order valence-electron chi connectivity index (χ1n) is 5.72. The summed E-state index contributed by atoms with van der Waals surface area (Å²) >= 11 is 0. The van der Waals surface area contributed by atoms with Crippen molar-refractivity contribution >= 4 is 0 Å². The summed E-state index contributed by atoms with van der Waals surface area (Å²) in [6, 6.07) is 0. The Kier molecular flexibility index (Phi) is 4.20. The van der Waals surface area contributed by atoms with Crippen molar-refractivity contribution in [2.24, 2.45) is 11.8 Å². The van der Waals surface area contributed by atoms with Gasteiger partial charge < -0.3 is 5.32 Å². The second-order valence-corrected chi connectivity index (χ2v) is 4.10. The van der Waals surface area contributed by atoms with Gasteiger partial charge in [0.05, 0.1) is 6.17 Å². The van der Waals surface area contributed by atoms with Gasteiger partial charge in [0.1, 0.15) is 0 Å². The first-order valence-corrected chi connectivity index (χ1v) is 5.72. The molecular weight excluding hydrogens is 160 g/mol. The van der Waals surface area contributed by atoms with Crippen LogP contribution in [-0.2, 0) is 0 Å². The Hall–Kier alpha value is -0.0800. The van der Waals surface area contributed by atoms with Crippen LogP contribution in [0.3, 0.4) is 0 Å². The summed E-state index contributed by atoms with van der Waals surface area (Å²) in [7, 11) is 2.23. The van der Waals surface area contributed by atoms with E-state index >= 15 is 0 Å². The van der Waals surface area contributed by atoms with E-state index in [0.29, 0.717) is 6.17 Å². The van der Waals surface area contributed by atoms with Crippen LogP contribution in [0.1, 0.15) is 33.6 Å². The monoisotopic (exact) mass is 184 g/mol. The Morgan fingerprint density at radius 3 is 2.54 bits per heavy atom. The number of hydrogen-bond donors (Lipinski definition) is 1. The minimum atomic E-state index is 0.693. The lowest BCUT2D eigenvalue weighted by Gasteiger charge is -2.35. The van der Waals surface area contributed by atoms with Crippen molar-refractivity contribution in [3.05, 3.63) is 0 Å². The van der Waals surface area contributed by atoms with Gasteiger partial charge in [-0.25, -0.2) is 0 Å². The van der Waals surface area contributed by atoms with E-state index in [9.17, 15) is 0 Å². The molecule has 2 heterocycles. The van der Waals surface area contributed by atoms with Gasteiger partial charge in [-0.05, 0) is 44.8 Å². The van der Waals surface area contributed by atoms with E-state index in [1.807, 2.05) is 13.8 Å². The van der Waals surface area contributed by atoms with Crippen LogP contribution in [0.2, 0.25) is 0 Å². The van der Waals surface area contributed by atoms with E-state index in [0.717, 1.165) is 11.8 Å². The Labute approximate surface area is 82.7 Å². The maximum Gasteiger partial charge on any atom is 0.0626 e. The standard InChI is InChI=1S/C9H18N2.C2H6/c1-7-3-5-10-9-8(7)4-6-11(9)2;1-2/h7-10H,3-6H2,1-2H3;1-2H3. The van der Waals surface area contributed by atoms with Gasteiger partial charge in [-0.15, -0.1) is 0 Å². The highest BCUT2D eigenvalue weighted by Crippen LogP contribution is 2.32. The van der Waals surface area contributed by atoms with Gasteiger partial charge in [0.15, 0.2) is 0 Å². The van der Waals surface area contributed by atoms with Crippen molar-refractivity contribution in [3.8, 4) is 0 Å². The highest BCUT2D eigenvalue weighted by Gasteiger charge is 2.37. The molecule has 3 atom stereocenters. The van der Waals surface area contributed by atoms with Crippen LogP contribution in [0, 0.1) is 11.8 Å². The SMILES string of the molecule is CC.CC1CCNC2C1CCN2C. The Morgan fingerprint density at radius 1 is 1.23 bits per heavy atom. The van der Waals surface area contributed by atoms with Crippen molar-refractivity contribution in [2.75, 3.05) is 20.1 Å². The van der Waals surface area contributed by atoms with Crippen molar-refractivity contribution in [2.45, 2.75) is 39.8 Å². The van der Waals surface area contributed by atoms with E-state index in [1.165, 1.54) is 25.9 Å². The van der Waals surface area contributed by atoms with Gasteiger partial charge in [0, 0.05) is 0 Å². The third-order valence-corrected chi connectivity index (χ3v) is 3.38. The maximum absolute atomic E-state index is 3.59. The van der Waals surface area contributed by atoms with Crippen LogP contribution in [0.25, 0.3) is 0 Å². The number of nitrogens with one attached hydrogen (secondary N) is 1. The molecule has 0 aliphatic carbocycles. The highest BCUT2D eigenvalue weighted by atomic mass is 15.3. The number of fused-ring (bicyclic) bond motifs is 1. The number of hydrogen-bond acceptors (Lipinski definition) is 2. The lowest BCUT2D eigenvalue weighted by Crippen LogP contribution is -2.48. The largest absolute Gasteiger partial charge is 0.301 e. The van der Waals surface area contributed by atoms with Gasteiger partial charge in [-0.3, -0.25) is 4.90 Å². The Bertz CT molecular complexity index is 145. The van der Waals surface area contributed by atoms with E-state index < -0.39 is 0 Å². The van der Waals surface area contributed by atoms with Crippen LogP contribution < -0.4 is 5.32 Å². The third kappa shape index (κ3) is 2.23. The predicted molar refractivity (Wildman–Crippen MR) is 57.7 cm³/mol. The molecule has 3 unspecified atom stereocenters. The molecule has 0 aromatic carbocycles. The summed E-state index contributed by atoms with van der Waals surface area (Å²) < 4.78 is 0. The number of piperidine rings is 1. The molecule has 2 nitrogen and oxygen atoms in total. The molecule has 0 aromatic heterocycles. The molecule has 2 aliphatic rings. The topological polar surface area (TPSA) is 15.3 Å². The average molecular weight is 184 g/mol. The normalized spacial score (nSPS) is 39.2. The predicted octanol–water partition coefficient (Wildman–Crippen LogP) is 1.92. The zero-order valence-electron chi connectivity index (χ0n) is 9.51. The summed E-state index contributed by atoms with van der Waals surface area (Å²) in [5, 5.41) is 3.59. The molecule has 2 rings (SSSR count). The Balaban J connectivity index is 0.000000396. The smallest absolute Gasteiger partial charge is 0.0626 e. The lowest BCUT2D eigenvalue weighted by atomic mass is 9.85. The zero-order valence-corrected chi connectivity index (χ0v) is 9.51. The third-order valence-electron chi connectivity index (χ3n) is 3.38. The van der Waals surface area contributed by atoms with Crippen LogP contribution in [0.4, 0.5) is 0 Å². The summed E-state index contributed by atoms with van der Waals surface area (Å²) in [5.41, 5.74) is 0. The van der Waals surface area contributed by atoms with Crippen molar-refractivity contribution < 1.29 is 0 Å². The maximum atomic E-state index is 3.59. The number of nitrogens with zero attached hydrogens (tertiary/aromatic N) is 1. The first kappa shape index (κ1) is 11.0. The molecule has 2 heteroatoms. The van der Waals surface area contributed by atoms with Crippen LogP contribution >= 0.6 is 0 Å². The summed E-state index contributed by atoms with van der Waals surface area (Å²) in [4.78, 5) is 2.46. The highest BCUT2D eigenvalue weighted by molar-refractivity contribution is 4.89. The molecule has 78 valence electrons. The fraction of sp³-hybridized carbons (Fsp3) is 1.00. The van der Waals surface area contributed by atoms with E-state index in [2.05, 4.69) is 24.2 Å². The van der Waals surface area contributed by atoms with Crippen LogP contribution in [0.5, 0.6) is 0 Å². The quantitative estimate of drug-likeness (QED) is 0.619. The minimum Gasteiger partial charge on any atom is -0.301 e. The molecule has 0 spiro atoms. The van der Waals surface area contributed by atoms with Crippen molar-refractivity contribution in [1.29, 1.82) is 0 Å². The first-order chi connectivity index (χ1) is 6.29. The molecule has 0 saturated carbocycles. The second-order valence-electron chi connectivity index (χ2n) is 4.10. The van der Waals surface area contributed by atoms with Crippen molar-refractivity contribution in [1.82, 2.24) is 10.2 Å². The fourth-order valence-electron chi connectivity index (χ4n) is 2.55. The summed E-state index contributed by atoms with van der Waals surface area (Å²) in [5.74, 6) is 1.86. The molecule has 0 aromatic rings. The number of likely N-dealkylation sites (tertiary alicyclic amines) is 1. The summed E-state index contributed by atoms with van der Waals surface area (Å²) in [6.07, 6.45) is 3.46. The molecule has 13 heavy (non-hydrogen) atoms. The molecule has 0 amide bonds. The van der Waals surface area contributed by atoms with Gasteiger partial charge in [0.25, 0.3) is 0 Å². The molecule has 1 N–H and O–H groups in total. The molecule has 0 radical (unpaired) electrons. The zero-order chi connectivity index (χ0) is 9.84. The lowest BCUT2D eigenvalue weighted by molar-refractivity contribution is 0.148. The Morgan fingerprint density at radius 2 is 1.92 bits per heavy atom. The second kappa shape index (κ2) is 4.97. The molecule has 2 saturated heterocycles. The minimum absolute atomic E-state index is 0.693. The van der Waals surface area contributed by atoms with E-state index in [4.69, 9.17) is 0 Å².